The van der Waals surface area contributed by atoms with Gasteiger partial charge in [0.1, 0.15) is 0 Å². The Morgan fingerprint density at radius 3 is 2.94 bits per heavy atom. The predicted octanol–water partition coefficient (Wildman–Crippen LogP) is 0.859. The molecule has 2 rings (SSSR count). The zero-order valence-corrected chi connectivity index (χ0v) is 9.59. The Bertz CT molecular complexity index is 353. The van der Waals surface area contributed by atoms with Gasteiger partial charge in [0.25, 0.3) is 5.91 Å². The van der Waals surface area contributed by atoms with Crippen LogP contribution in [0.15, 0.2) is 24.5 Å². The summed E-state index contributed by atoms with van der Waals surface area (Å²) in [7, 11) is 2.10. The molecule has 1 amide bonds. The van der Waals surface area contributed by atoms with E-state index in [0.29, 0.717) is 5.56 Å². The van der Waals surface area contributed by atoms with E-state index < -0.39 is 0 Å². The van der Waals surface area contributed by atoms with E-state index in [9.17, 15) is 4.79 Å². The molecule has 0 unspecified atom stereocenters. The summed E-state index contributed by atoms with van der Waals surface area (Å²) >= 11 is 0. The van der Waals surface area contributed by atoms with E-state index in [1.54, 1.807) is 18.5 Å². The van der Waals surface area contributed by atoms with Gasteiger partial charge < -0.3 is 9.80 Å². The van der Waals surface area contributed by atoms with E-state index in [0.717, 1.165) is 32.6 Å². The van der Waals surface area contributed by atoms with Crippen molar-refractivity contribution in [1.29, 1.82) is 0 Å². The van der Waals surface area contributed by atoms with Crippen molar-refractivity contribution in [2.45, 2.75) is 6.42 Å². The normalized spacial score (nSPS) is 18.2. The van der Waals surface area contributed by atoms with Crippen LogP contribution >= 0.6 is 0 Å². The molecule has 0 aromatic carbocycles. The Morgan fingerprint density at radius 1 is 1.31 bits per heavy atom. The van der Waals surface area contributed by atoms with Crippen molar-refractivity contribution in [2.75, 3.05) is 33.2 Å². The highest BCUT2D eigenvalue weighted by atomic mass is 16.2. The van der Waals surface area contributed by atoms with Crippen LogP contribution < -0.4 is 0 Å². The molecule has 0 bridgehead atoms. The molecule has 1 aromatic rings. The fourth-order valence-corrected chi connectivity index (χ4v) is 1.92. The second-order valence-corrected chi connectivity index (χ2v) is 4.19. The molecular weight excluding hydrogens is 202 g/mol. The lowest BCUT2D eigenvalue weighted by molar-refractivity contribution is 0.0762. The largest absolute Gasteiger partial charge is 0.337 e. The van der Waals surface area contributed by atoms with Crippen molar-refractivity contribution in [3.63, 3.8) is 0 Å². The van der Waals surface area contributed by atoms with Gasteiger partial charge in [0.15, 0.2) is 0 Å². The number of amides is 1. The lowest BCUT2D eigenvalue weighted by Crippen LogP contribution is -2.34. The van der Waals surface area contributed by atoms with Gasteiger partial charge in [0.2, 0.25) is 0 Å². The smallest absolute Gasteiger partial charge is 0.255 e. The van der Waals surface area contributed by atoms with Gasteiger partial charge in [-0.1, -0.05) is 0 Å². The van der Waals surface area contributed by atoms with Crippen LogP contribution in [0.5, 0.6) is 0 Å². The third-order valence-electron chi connectivity index (χ3n) is 2.92. The molecule has 2 heterocycles. The van der Waals surface area contributed by atoms with Crippen LogP contribution in [-0.4, -0.2) is 53.9 Å². The molecular formula is C12H17N3O. The first-order valence-corrected chi connectivity index (χ1v) is 5.65. The van der Waals surface area contributed by atoms with Crippen molar-refractivity contribution in [3.8, 4) is 0 Å². The predicted molar refractivity (Wildman–Crippen MR) is 62.3 cm³/mol. The molecule has 1 aliphatic heterocycles. The summed E-state index contributed by atoms with van der Waals surface area (Å²) in [6, 6.07) is 3.63. The number of hydrogen-bond acceptors (Lipinski definition) is 3. The van der Waals surface area contributed by atoms with Gasteiger partial charge in [-0.25, -0.2) is 0 Å². The van der Waals surface area contributed by atoms with Crippen molar-refractivity contribution in [1.82, 2.24) is 14.8 Å². The molecule has 1 aromatic heterocycles. The van der Waals surface area contributed by atoms with E-state index in [4.69, 9.17) is 0 Å². The van der Waals surface area contributed by atoms with Crippen LogP contribution in [0.1, 0.15) is 16.8 Å². The minimum atomic E-state index is 0.100. The Labute approximate surface area is 95.9 Å². The van der Waals surface area contributed by atoms with Gasteiger partial charge >= 0.3 is 0 Å². The third kappa shape index (κ3) is 2.58. The number of aromatic nitrogens is 1. The van der Waals surface area contributed by atoms with Gasteiger partial charge in [-0.3, -0.25) is 9.78 Å². The number of nitrogens with zero attached hydrogens (tertiary/aromatic N) is 3. The van der Waals surface area contributed by atoms with E-state index >= 15 is 0 Å². The van der Waals surface area contributed by atoms with E-state index in [1.807, 2.05) is 11.0 Å². The molecule has 4 heteroatoms. The molecule has 0 atom stereocenters. The van der Waals surface area contributed by atoms with Crippen LogP contribution in [0.3, 0.4) is 0 Å². The summed E-state index contributed by atoms with van der Waals surface area (Å²) < 4.78 is 0. The standard InChI is InChI=1S/C12H17N3O/c1-14-6-3-7-15(9-8-14)12(16)11-4-2-5-13-10-11/h2,4-5,10H,3,6-9H2,1H3. The summed E-state index contributed by atoms with van der Waals surface area (Å²) in [5, 5.41) is 0. The number of hydrogen-bond donors (Lipinski definition) is 0. The number of carbonyl (C=O) groups is 1. The summed E-state index contributed by atoms with van der Waals surface area (Å²) in [6.07, 6.45) is 4.37. The first kappa shape index (κ1) is 11.1. The Hall–Kier alpha value is -1.42. The van der Waals surface area contributed by atoms with Crippen LogP contribution in [0.2, 0.25) is 0 Å². The summed E-state index contributed by atoms with van der Waals surface area (Å²) in [6.45, 7) is 3.67. The zero-order valence-electron chi connectivity index (χ0n) is 9.59. The fraction of sp³-hybridized carbons (Fsp3) is 0.500. The Kier molecular flexibility index (Phi) is 3.51. The van der Waals surface area contributed by atoms with E-state index in [-0.39, 0.29) is 5.91 Å². The zero-order chi connectivity index (χ0) is 11.4. The highest BCUT2D eigenvalue weighted by molar-refractivity contribution is 5.93. The maximum absolute atomic E-state index is 12.1. The van der Waals surface area contributed by atoms with Gasteiger partial charge in [0, 0.05) is 32.0 Å². The summed E-state index contributed by atoms with van der Waals surface area (Å²) in [5.74, 6) is 0.100. The summed E-state index contributed by atoms with van der Waals surface area (Å²) in [5.41, 5.74) is 0.687. The molecule has 1 aliphatic rings. The number of pyridine rings is 1. The second kappa shape index (κ2) is 5.07. The fourth-order valence-electron chi connectivity index (χ4n) is 1.92. The van der Waals surface area contributed by atoms with Crippen molar-refractivity contribution in [3.05, 3.63) is 30.1 Å². The Balaban J connectivity index is 2.04. The monoisotopic (exact) mass is 219 g/mol. The molecule has 16 heavy (non-hydrogen) atoms. The topological polar surface area (TPSA) is 36.4 Å². The van der Waals surface area contributed by atoms with Crippen molar-refractivity contribution >= 4 is 5.91 Å². The Morgan fingerprint density at radius 2 is 2.19 bits per heavy atom. The van der Waals surface area contributed by atoms with E-state index in [1.165, 1.54) is 0 Å². The van der Waals surface area contributed by atoms with Gasteiger partial charge in [-0.15, -0.1) is 0 Å². The van der Waals surface area contributed by atoms with Gasteiger partial charge in [-0.2, -0.15) is 0 Å². The van der Waals surface area contributed by atoms with E-state index in [2.05, 4.69) is 16.9 Å². The molecule has 0 aliphatic carbocycles. The van der Waals surface area contributed by atoms with Crippen LogP contribution in [0.4, 0.5) is 0 Å². The maximum Gasteiger partial charge on any atom is 0.255 e. The van der Waals surface area contributed by atoms with Gasteiger partial charge in [0.05, 0.1) is 5.56 Å². The highest BCUT2D eigenvalue weighted by Gasteiger charge is 2.18. The molecule has 0 spiro atoms. The first-order chi connectivity index (χ1) is 7.77. The average molecular weight is 219 g/mol. The lowest BCUT2D eigenvalue weighted by atomic mass is 10.2. The molecule has 1 saturated heterocycles. The number of carbonyl (C=O) groups excluding carboxylic acids is 1. The number of rotatable bonds is 1. The molecule has 0 N–H and O–H groups in total. The van der Waals surface area contributed by atoms with Crippen molar-refractivity contribution < 1.29 is 4.79 Å². The minimum absolute atomic E-state index is 0.100. The SMILES string of the molecule is CN1CCCN(C(=O)c2cccnc2)CC1. The molecule has 1 fully saturated rings. The van der Waals surface area contributed by atoms with Crippen LogP contribution in [0.25, 0.3) is 0 Å². The first-order valence-electron chi connectivity index (χ1n) is 5.65. The van der Waals surface area contributed by atoms with Crippen molar-refractivity contribution in [2.24, 2.45) is 0 Å². The lowest BCUT2D eigenvalue weighted by Gasteiger charge is -2.20. The third-order valence-corrected chi connectivity index (χ3v) is 2.92. The maximum atomic E-state index is 12.1. The van der Waals surface area contributed by atoms with Crippen LogP contribution in [-0.2, 0) is 0 Å². The summed E-state index contributed by atoms with van der Waals surface area (Å²) in [4.78, 5) is 20.3. The van der Waals surface area contributed by atoms with Crippen LogP contribution in [0, 0.1) is 0 Å². The molecule has 0 radical (unpaired) electrons. The average Bonchev–Trinajstić information content (AvgIpc) is 2.54. The molecule has 0 saturated carbocycles. The number of likely N-dealkylation sites (N-methyl/N-ethyl adjacent to an activating group) is 1. The molecule has 4 nitrogen and oxygen atoms in total. The quantitative estimate of drug-likeness (QED) is 0.703. The molecule has 86 valence electrons. The minimum Gasteiger partial charge on any atom is -0.337 e. The van der Waals surface area contributed by atoms with Gasteiger partial charge in [-0.05, 0) is 32.1 Å². The second-order valence-electron chi connectivity index (χ2n) is 4.19. The highest BCUT2D eigenvalue weighted by Crippen LogP contribution is 2.07.